The average molecular weight is 404 g/mol. The second-order valence-corrected chi connectivity index (χ2v) is 12.0. The first-order chi connectivity index (χ1) is 13.7. The number of fused-ring (bicyclic) bond motifs is 1. The Morgan fingerprint density at radius 3 is 2.62 bits per heavy atom. The van der Waals surface area contributed by atoms with Crippen molar-refractivity contribution < 1.29 is 24.5 Å². The molecule has 0 radical (unpaired) electrons. The van der Waals surface area contributed by atoms with Crippen LogP contribution in [0.3, 0.4) is 0 Å². The fourth-order valence-corrected chi connectivity index (χ4v) is 10.9. The molecular formula is C23H33NO5. The summed E-state index contributed by atoms with van der Waals surface area (Å²) in [5, 5.41) is 23.4. The minimum absolute atomic E-state index is 0.0495. The molecule has 6 saturated carbocycles. The van der Waals surface area contributed by atoms with Gasteiger partial charge in [0, 0.05) is 36.3 Å². The van der Waals surface area contributed by atoms with Gasteiger partial charge in [-0.3, -0.25) is 4.79 Å². The Bertz CT molecular complexity index is 813. The minimum Gasteiger partial charge on any atom is -0.462 e. The Balaban J connectivity index is 1.42. The van der Waals surface area contributed by atoms with Crippen molar-refractivity contribution in [2.24, 2.45) is 39.9 Å². The van der Waals surface area contributed by atoms with Crippen molar-refractivity contribution in [1.82, 2.24) is 4.90 Å². The molecule has 6 heteroatoms. The highest BCUT2D eigenvalue weighted by Gasteiger charge is 2.88. The summed E-state index contributed by atoms with van der Waals surface area (Å²) in [6.07, 6.45) is 3.75. The van der Waals surface area contributed by atoms with Crippen LogP contribution in [-0.2, 0) is 14.3 Å². The fraction of sp³-hybridized carbons (Fsp3) is 0.957. The van der Waals surface area contributed by atoms with E-state index in [-0.39, 0.29) is 40.3 Å². The van der Waals surface area contributed by atoms with Crippen LogP contribution in [0.5, 0.6) is 0 Å². The molecule has 29 heavy (non-hydrogen) atoms. The van der Waals surface area contributed by atoms with Gasteiger partial charge in [-0.2, -0.15) is 0 Å². The molecule has 8 aliphatic rings. The zero-order chi connectivity index (χ0) is 20.1. The van der Waals surface area contributed by atoms with Crippen molar-refractivity contribution in [3.63, 3.8) is 0 Å². The SMILES string of the molecule is CC(=O)O[C@H]1CC23[C@@H](C[C@H]1[C@]1(CO1)[C@H]2O)[C@]12[C@@H]4C[C@H]3[C@H]1N(C)C[C@@]4(C)CC[C@@H]2O. The van der Waals surface area contributed by atoms with E-state index in [9.17, 15) is 15.0 Å². The van der Waals surface area contributed by atoms with Gasteiger partial charge in [0.25, 0.3) is 0 Å². The molecule has 6 aliphatic carbocycles. The van der Waals surface area contributed by atoms with Crippen molar-refractivity contribution in [3.8, 4) is 0 Å². The van der Waals surface area contributed by atoms with Crippen LogP contribution in [0.4, 0.5) is 0 Å². The van der Waals surface area contributed by atoms with E-state index < -0.39 is 11.7 Å². The molecule has 3 spiro atoms. The monoisotopic (exact) mass is 403 g/mol. The molecule has 1 unspecified atom stereocenters. The number of nitrogens with zero attached hydrogens (tertiary/aromatic N) is 1. The minimum atomic E-state index is -0.522. The lowest BCUT2D eigenvalue weighted by molar-refractivity contribution is -0.273. The predicted octanol–water partition coefficient (Wildman–Crippen LogP) is 1.19. The van der Waals surface area contributed by atoms with Gasteiger partial charge in [0.1, 0.15) is 11.7 Å². The number of hydrogen-bond donors (Lipinski definition) is 2. The largest absolute Gasteiger partial charge is 0.462 e. The van der Waals surface area contributed by atoms with E-state index in [0.29, 0.717) is 30.4 Å². The van der Waals surface area contributed by atoms with E-state index in [4.69, 9.17) is 9.47 Å². The lowest BCUT2D eigenvalue weighted by atomic mass is 9.38. The maximum atomic E-state index is 11.9. The van der Waals surface area contributed by atoms with Crippen molar-refractivity contribution in [2.45, 2.75) is 75.9 Å². The van der Waals surface area contributed by atoms with Gasteiger partial charge in [-0.1, -0.05) is 6.92 Å². The molecule has 2 saturated heterocycles. The Kier molecular flexibility index (Phi) is 3.01. The molecular weight excluding hydrogens is 370 g/mol. The van der Waals surface area contributed by atoms with Gasteiger partial charge in [-0.15, -0.1) is 0 Å². The summed E-state index contributed by atoms with van der Waals surface area (Å²) in [4.78, 5) is 14.4. The number of aliphatic hydroxyl groups is 2. The van der Waals surface area contributed by atoms with Crippen molar-refractivity contribution in [2.75, 3.05) is 20.2 Å². The van der Waals surface area contributed by atoms with Crippen molar-refractivity contribution in [3.05, 3.63) is 0 Å². The Morgan fingerprint density at radius 2 is 1.93 bits per heavy atom. The summed E-state index contributed by atoms with van der Waals surface area (Å²) in [7, 11) is 2.24. The van der Waals surface area contributed by atoms with Gasteiger partial charge < -0.3 is 24.6 Å². The van der Waals surface area contributed by atoms with Crippen LogP contribution in [-0.4, -0.2) is 71.2 Å². The summed E-state index contributed by atoms with van der Waals surface area (Å²) in [6.45, 7) is 5.60. The summed E-state index contributed by atoms with van der Waals surface area (Å²) in [5.74, 6) is 0.988. The van der Waals surface area contributed by atoms with Crippen LogP contribution in [0.15, 0.2) is 0 Å². The second-order valence-electron chi connectivity index (χ2n) is 12.0. The molecule has 0 aromatic heterocycles. The predicted molar refractivity (Wildman–Crippen MR) is 103 cm³/mol. The molecule has 2 aliphatic heterocycles. The number of ether oxygens (including phenoxy) is 2. The van der Waals surface area contributed by atoms with E-state index in [2.05, 4.69) is 18.9 Å². The Morgan fingerprint density at radius 1 is 1.21 bits per heavy atom. The molecule has 8 fully saturated rings. The van der Waals surface area contributed by atoms with Gasteiger partial charge in [-0.05, 0) is 62.3 Å². The van der Waals surface area contributed by atoms with Crippen LogP contribution >= 0.6 is 0 Å². The molecule has 6 nitrogen and oxygen atoms in total. The summed E-state index contributed by atoms with van der Waals surface area (Å²) >= 11 is 0. The number of carbonyl (C=O) groups excluding carboxylic acids is 1. The third kappa shape index (κ3) is 1.61. The zero-order valence-corrected chi connectivity index (χ0v) is 17.6. The average Bonchev–Trinajstić information content (AvgIpc) is 3.30. The number of carbonyl (C=O) groups is 1. The standard InChI is InChI=1S/C23H33NO5/c1-11(25)29-14-8-21-13-7-15-20(2)5-4-17(26)23(15,18(13)24(3)9-20)16(21)6-12(14)22(10-28-22)19(21)27/h12-19,26-27H,4-10H2,1-3H3/t12-,13+,14+,15-,16-,17+,18-,19+,20-,21?,22-,23+/m1/s1. The van der Waals surface area contributed by atoms with Gasteiger partial charge in [0.2, 0.25) is 0 Å². The zero-order valence-electron chi connectivity index (χ0n) is 17.6. The third-order valence-electron chi connectivity index (χ3n) is 11.3. The van der Waals surface area contributed by atoms with Gasteiger partial charge in [0.15, 0.2) is 0 Å². The van der Waals surface area contributed by atoms with Crippen LogP contribution in [0.1, 0.15) is 46.0 Å². The van der Waals surface area contributed by atoms with Crippen LogP contribution < -0.4 is 0 Å². The van der Waals surface area contributed by atoms with Crippen molar-refractivity contribution in [1.29, 1.82) is 0 Å². The normalized spacial score (nSPS) is 66.2. The van der Waals surface area contributed by atoms with Gasteiger partial charge in [-0.25, -0.2) is 0 Å². The summed E-state index contributed by atoms with van der Waals surface area (Å²) < 4.78 is 11.8. The quantitative estimate of drug-likeness (QED) is 0.506. The lowest BCUT2D eigenvalue weighted by Gasteiger charge is -2.69. The summed E-state index contributed by atoms with van der Waals surface area (Å²) in [5.41, 5.74) is -0.691. The van der Waals surface area contributed by atoms with E-state index in [1.54, 1.807) is 0 Å². The van der Waals surface area contributed by atoms with E-state index in [1.165, 1.54) is 6.92 Å². The fourth-order valence-electron chi connectivity index (χ4n) is 10.9. The van der Waals surface area contributed by atoms with Gasteiger partial charge in [0.05, 0.1) is 18.8 Å². The van der Waals surface area contributed by atoms with Gasteiger partial charge >= 0.3 is 5.97 Å². The Labute approximate surface area is 171 Å². The van der Waals surface area contributed by atoms with E-state index in [0.717, 1.165) is 38.6 Å². The third-order valence-corrected chi connectivity index (χ3v) is 11.3. The van der Waals surface area contributed by atoms with Crippen molar-refractivity contribution >= 4 is 5.97 Å². The molecule has 2 heterocycles. The number of hydrogen-bond acceptors (Lipinski definition) is 6. The lowest BCUT2D eigenvalue weighted by Crippen LogP contribution is -2.73. The molecule has 160 valence electrons. The van der Waals surface area contributed by atoms with Crippen LogP contribution in [0.25, 0.3) is 0 Å². The first-order valence-corrected chi connectivity index (χ1v) is 11.6. The number of epoxide rings is 1. The first kappa shape index (κ1) is 17.9. The topological polar surface area (TPSA) is 82.5 Å². The number of likely N-dealkylation sites (tertiary alicyclic amines) is 1. The number of piperidine rings is 1. The van der Waals surface area contributed by atoms with Crippen LogP contribution in [0.2, 0.25) is 0 Å². The first-order valence-electron chi connectivity index (χ1n) is 11.6. The molecule has 0 amide bonds. The highest BCUT2D eigenvalue weighted by molar-refractivity contribution is 5.66. The molecule has 8 rings (SSSR count). The van der Waals surface area contributed by atoms with E-state index >= 15 is 0 Å². The molecule has 0 aromatic carbocycles. The molecule has 0 aromatic rings. The number of aliphatic hydroxyl groups excluding tert-OH is 2. The number of esters is 1. The summed E-state index contributed by atoms with van der Waals surface area (Å²) in [6, 6.07) is 0.321. The highest BCUT2D eigenvalue weighted by atomic mass is 16.6. The number of rotatable bonds is 1. The molecule has 12 atom stereocenters. The van der Waals surface area contributed by atoms with Crippen LogP contribution in [0, 0.1) is 39.9 Å². The molecule has 7 bridgehead atoms. The van der Waals surface area contributed by atoms with E-state index in [1.807, 2.05) is 0 Å². The second kappa shape index (κ2) is 4.87. The molecule has 2 N–H and O–H groups in total. The maximum Gasteiger partial charge on any atom is 0.302 e. The highest BCUT2D eigenvalue weighted by Crippen LogP contribution is 2.84. The maximum absolute atomic E-state index is 11.9. The Hall–Kier alpha value is -0.690. The smallest absolute Gasteiger partial charge is 0.302 e.